The summed E-state index contributed by atoms with van der Waals surface area (Å²) in [4.78, 5) is 27.8. The molecule has 8 nitrogen and oxygen atoms in total. The number of carbonyl (C=O) groups excluding carboxylic acids is 1. The molecule has 0 radical (unpaired) electrons. The zero-order valence-electron chi connectivity index (χ0n) is 16.5. The predicted molar refractivity (Wildman–Crippen MR) is 115 cm³/mol. The average molecular weight is 414 g/mol. The molecule has 0 aliphatic heterocycles. The highest BCUT2D eigenvalue weighted by molar-refractivity contribution is 6.04. The molecule has 154 valence electrons. The second kappa shape index (κ2) is 8.50. The molecule has 0 atom stereocenters. The number of anilines is 1. The number of pyridine rings is 1. The molecule has 0 saturated heterocycles. The summed E-state index contributed by atoms with van der Waals surface area (Å²) in [5.41, 5.74) is 2.61. The maximum atomic E-state index is 12.7. The number of aromatic carboxylic acids is 1. The summed E-state index contributed by atoms with van der Waals surface area (Å²) in [6, 6.07) is 18.7. The van der Waals surface area contributed by atoms with Crippen LogP contribution in [0.25, 0.3) is 16.9 Å². The molecule has 4 rings (SSSR count). The molecule has 0 fully saturated rings. The fraction of sp³-hybridized carbons (Fsp3) is 0.0435. The quantitative estimate of drug-likeness (QED) is 0.496. The number of benzene rings is 2. The van der Waals surface area contributed by atoms with E-state index in [0.29, 0.717) is 28.4 Å². The van der Waals surface area contributed by atoms with Crippen LogP contribution in [0, 0.1) is 0 Å². The molecule has 2 N–H and O–H groups in total. The van der Waals surface area contributed by atoms with Gasteiger partial charge in [0, 0.05) is 24.0 Å². The van der Waals surface area contributed by atoms with Crippen molar-refractivity contribution in [1.29, 1.82) is 0 Å². The molecule has 2 heterocycles. The van der Waals surface area contributed by atoms with Crippen LogP contribution >= 0.6 is 0 Å². The first-order valence-electron chi connectivity index (χ1n) is 9.35. The first kappa shape index (κ1) is 19.8. The summed E-state index contributed by atoms with van der Waals surface area (Å²) in [6.07, 6.45) is 3.08. The van der Waals surface area contributed by atoms with Gasteiger partial charge >= 0.3 is 5.97 Å². The number of carboxylic acid groups (broad SMARTS) is 1. The average Bonchev–Trinajstić information content (AvgIpc) is 3.23. The number of ether oxygens (including phenoxy) is 1. The van der Waals surface area contributed by atoms with Gasteiger partial charge in [-0.1, -0.05) is 12.1 Å². The molecule has 4 aromatic rings. The van der Waals surface area contributed by atoms with Crippen molar-refractivity contribution < 1.29 is 19.4 Å². The van der Waals surface area contributed by atoms with E-state index in [0.717, 1.165) is 5.69 Å². The van der Waals surface area contributed by atoms with Gasteiger partial charge in [0.25, 0.3) is 5.91 Å². The second-order valence-electron chi connectivity index (χ2n) is 6.60. The number of hydrogen-bond donors (Lipinski definition) is 2. The summed E-state index contributed by atoms with van der Waals surface area (Å²) in [7, 11) is 1.58. The second-order valence-corrected chi connectivity index (χ2v) is 6.60. The lowest BCUT2D eigenvalue weighted by Gasteiger charge is -2.09. The van der Waals surface area contributed by atoms with Gasteiger partial charge in [-0.3, -0.25) is 9.78 Å². The number of amides is 1. The number of aromatic nitrogens is 3. The van der Waals surface area contributed by atoms with Crippen molar-refractivity contribution in [3.8, 4) is 22.7 Å². The number of methoxy groups -OCH3 is 1. The Labute approximate surface area is 177 Å². The van der Waals surface area contributed by atoms with Crippen LogP contribution in [0.2, 0.25) is 0 Å². The summed E-state index contributed by atoms with van der Waals surface area (Å²) < 4.78 is 6.81. The van der Waals surface area contributed by atoms with Crippen molar-refractivity contribution in [2.75, 3.05) is 12.4 Å². The van der Waals surface area contributed by atoms with E-state index < -0.39 is 5.97 Å². The molecule has 31 heavy (non-hydrogen) atoms. The summed E-state index contributed by atoms with van der Waals surface area (Å²) in [5, 5.41) is 16.6. The number of hydrogen-bond acceptors (Lipinski definition) is 5. The van der Waals surface area contributed by atoms with E-state index >= 15 is 0 Å². The van der Waals surface area contributed by atoms with Gasteiger partial charge in [-0.15, -0.1) is 0 Å². The molecule has 0 aliphatic rings. The van der Waals surface area contributed by atoms with Gasteiger partial charge in [0.05, 0.1) is 29.6 Å². The van der Waals surface area contributed by atoms with Gasteiger partial charge in [0.2, 0.25) is 0 Å². The molecule has 0 bridgehead atoms. The Kier molecular flexibility index (Phi) is 5.44. The Bertz CT molecular complexity index is 1220. The van der Waals surface area contributed by atoms with Crippen molar-refractivity contribution in [3.05, 3.63) is 90.3 Å². The monoisotopic (exact) mass is 414 g/mol. The molecule has 2 aromatic heterocycles. The molecule has 8 heteroatoms. The Hall–Kier alpha value is -4.46. The van der Waals surface area contributed by atoms with E-state index in [1.165, 1.54) is 18.3 Å². The number of carboxylic acids is 1. The highest BCUT2D eigenvalue weighted by atomic mass is 16.5. The first-order chi connectivity index (χ1) is 15.0. The largest absolute Gasteiger partial charge is 0.497 e. The minimum atomic E-state index is -1.00. The van der Waals surface area contributed by atoms with E-state index in [-0.39, 0.29) is 11.5 Å². The lowest BCUT2D eigenvalue weighted by Crippen LogP contribution is -2.15. The van der Waals surface area contributed by atoms with Crippen molar-refractivity contribution in [2.45, 2.75) is 0 Å². The predicted octanol–water partition coefficient (Wildman–Crippen LogP) is 3.89. The molecular formula is C23H18N4O4. The Balaban J connectivity index is 1.73. The molecule has 0 unspecified atom stereocenters. The van der Waals surface area contributed by atoms with Gasteiger partial charge in [-0.2, -0.15) is 5.10 Å². The van der Waals surface area contributed by atoms with Crippen LogP contribution in [-0.2, 0) is 0 Å². The maximum Gasteiger partial charge on any atom is 0.335 e. The van der Waals surface area contributed by atoms with Crippen LogP contribution in [0.4, 0.5) is 5.82 Å². The fourth-order valence-corrected chi connectivity index (χ4v) is 3.00. The van der Waals surface area contributed by atoms with Gasteiger partial charge < -0.3 is 15.2 Å². The smallest absolute Gasteiger partial charge is 0.335 e. The van der Waals surface area contributed by atoms with Crippen molar-refractivity contribution >= 4 is 17.7 Å². The molecular weight excluding hydrogens is 396 g/mol. The van der Waals surface area contributed by atoms with Crippen molar-refractivity contribution in [1.82, 2.24) is 14.8 Å². The Morgan fingerprint density at radius 1 is 1.00 bits per heavy atom. The third-order valence-corrected chi connectivity index (χ3v) is 4.62. The van der Waals surface area contributed by atoms with E-state index in [2.05, 4.69) is 15.4 Å². The minimum Gasteiger partial charge on any atom is -0.497 e. The molecule has 0 saturated carbocycles. The maximum absolute atomic E-state index is 12.7. The molecule has 0 spiro atoms. The molecule has 1 amide bonds. The highest BCUT2D eigenvalue weighted by Gasteiger charge is 2.15. The molecule has 0 aliphatic carbocycles. The number of nitrogens with one attached hydrogen (secondary N) is 1. The van der Waals surface area contributed by atoms with E-state index in [9.17, 15) is 9.59 Å². The van der Waals surface area contributed by atoms with Gasteiger partial charge in [0.15, 0.2) is 0 Å². The van der Waals surface area contributed by atoms with E-state index in [4.69, 9.17) is 9.84 Å². The highest BCUT2D eigenvalue weighted by Crippen LogP contribution is 2.26. The summed E-state index contributed by atoms with van der Waals surface area (Å²) >= 11 is 0. The number of nitrogens with zero attached hydrogens (tertiary/aromatic N) is 3. The van der Waals surface area contributed by atoms with Crippen LogP contribution in [0.15, 0.2) is 79.1 Å². The Morgan fingerprint density at radius 2 is 1.74 bits per heavy atom. The Morgan fingerprint density at radius 3 is 2.35 bits per heavy atom. The third-order valence-electron chi connectivity index (χ3n) is 4.62. The zero-order valence-corrected chi connectivity index (χ0v) is 16.5. The lowest BCUT2D eigenvalue weighted by molar-refractivity contribution is 0.0696. The van der Waals surface area contributed by atoms with Crippen LogP contribution in [-0.4, -0.2) is 38.9 Å². The lowest BCUT2D eigenvalue weighted by atomic mass is 10.1. The SMILES string of the molecule is COc1ccc(-n2nc(-c3ccc(C(=O)O)cc3)cc2NC(=O)c2cccnc2)cc1. The normalized spacial score (nSPS) is 10.5. The number of rotatable bonds is 6. The van der Waals surface area contributed by atoms with Crippen molar-refractivity contribution in [2.24, 2.45) is 0 Å². The first-order valence-corrected chi connectivity index (χ1v) is 9.35. The van der Waals surface area contributed by atoms with Gasteiger partial charge in [-0.25, -0.2) is 9.48 Å². The van der Waals surface area contributed by atoms with Crippen LogP contribution in [0.1, 0.15) is 20.7 Å². The van der Waals surface area contributed by atoms with E-state index in [1.54, 1.807) is 60.5 Å². The molecule has 2 aromatic carbocycles. The van der Waals surface area contributed by atoms with Crippen LogP contribution < -0.4 is 10.1 Å². The van der Waals surface area contributed by atoms with Crippen LogP contribution in [0.5, 0.6) is 5.75 Å². The van der Waals surface area contributed by atoms with Gasteiger partial charge in [0.1, 0.15) is 11.6 Å². The van der Waals surface area contributed by atoms with Crippen LogP contribution in [0.3, 0.4) is 0 Å². The summed E-state index contributed by atoms with van der Waals surface area (Å²) in [6.45, 7) is 0. The summed E-state index contributed by atoms with van der Waals surface area (Å²) in [5.74, 6) is -0.173. The number of carbonyl (C=O) groups is 2. The van der Waals surface area contributed by atoms with Gasteiger partial charge in [-0.05, 0) is 48.5 Å². The zero-order chi connectivity index (χ0) is 21.8. The van der Waals surface area contributed by atoms with E-state index in [1.807, 2.05) is 12.1 Å². The minimum absolute atomic E-state index is 0.184. The van der Waals surface area contributed by atoms with Crippen molar-refractivity contribution in [3.63, 3.8) is 0 Å². The standard InChI is InChI=1S/C23H18N4O4/c1-31-19-10-8-18(9-11-19)27-21(25-22(28)17-3-2-12-24-14-17)13-20(26-27)15-4-6-16(7-5-15)23(29)30/h2-14H,1H3,(H,25,28)(H,29,30). The third kappa shape index (κ3) is 4.27. The topological polar surface area (TPSA) is 106 Å². The fourth-order valence-electron chi connectivity index (χ4n) is 3.00.